The summed E-state index contributed by atoms with van der Waals surface area (Å²) in [5.74, 6) is -2.29. The number of nitrogens with zero attached hydrogens (tertiary/aromatic N) is 1. The van der Waals surface area contributed by atoms with Crippen molar-refractivity contribution in [3.8, 4) is 6.07 Å². The van der Waals surface area contributed by atoms with Gasteiger partial charge in [0, 0.05) is 16.4 Å². The summed E-state index contributed by atoms with van der Waals surface area (Å²) in [4.78, 5) is 24.8. The van der Waals surface area contributed by atoms with Crippen LogP contribution in [0.4, 0.5) is 13.2 Å². The van der Waals surface area contributed by atoms with Gasteiger partial charge in [-0.05, 0) is 43.2 Å². The van der Waals surface area contributed by atoms with Gasteiger partial charge in [0.15, 0.2) is 17.5 Å². The number of halogens is 3. The molecule has 7 heteroatoms. The fraction of sp³-hybridized carbons (Fsp3) is 0.471. The van der Waals surface area contributed by atoms with Crippen LogP contribution in [0.2, 0.25) is 0 Å². The Hall–Kier alpha value is -1.81. The first kappa shape index (κ1) is 18.5. The van der Waals surface area contributed by atoms with Gasteiger partial charge < -0.3 is 0 Å². The van der Waals surface area contributed by atoms with E-state index in [0.29, 0.717) is 18.6 Å². The van der Waals surface area contributed by atoms with Crippen LogP contribution in [0.1, 0.15) is 42.1 Å². The quantitative estimate of drug-likeness (QED) is 0.410. The topological polar surface area (TPSA) is 57.9 Å². The van der Waals surface area contributed by atoms with E-state index in [0.717, 1.165) is 36.4 Å². The first-order valence-corrected chi connectivity index (χ1v) is 8.59. The van der Waals surface area contributed by atoms with E-state index < -0.39 is 29.2 Å². The Kier molecular flexibility index (Phi) is 5.70. The second-order valence-corrected chi connectivity index (χ2v) is 6.80. The van der Waals surface area contributed by atoms with E-state index in [4.69, 9.17) is 0 Å². The van der Waals surface area contributed by atoms with Crippen LogP contribution >= 0.6 is 11.8 Å². The predicted molar refractivity (Wildman–Crippen MR) is 83.6 cm³/mol. The lowest BCUT2D eigenvalue weighted by Gasteiger charge is -2.14. The Morgan fingerprint density at radius 2 is 2.04 bits per heavy atom. The number of Topliss-reactive ketones (excluding diaryl/α,β-unsaturated/α-hetero) is 2. The SMILES string of the molecule is CCCSc1cc(C(F)(F)F)ccc1C(=O)C(C#N)C(=O)C1CC1. The normalized spacial score (nSPS) is 15.6. The smallest absolute Gasteiger partial charge is 0.297 e. The largest absolute Gasteiger partial charge is 0.416 e. The summed E-state index contributed by atoms with van der Waals surface area (Å²) in [5.41, 5.74) is -0.832. The fourth-order valence-electron chi connectivity index (χ4n) is 2.24. The number of alkyl halides is 3. The lowest BCUT2D eigenvalue weighted by atomic mass is 9.92. The molecule has 1 aromatic rings. The van der Waals surface area contributed by atoms with Gasteiger partial charge in [-0.3, -0.25) is 9.59 Å². The van der Waals surface area contributed by atoms with Crippen LogP contribution < -0.4 is 0 Å². The Balaban J connectivity index is 2.37. The van der Waals surface area contributed by atoms with Crippen molar-refractivity contribution in [2.45, 2.75) is 37.3 Å². The van der Waals surface area contributed by atoms with E-state index in [-0.39, 0.29) is 16.4 Å². The predicted octanol–water partition coefficient (Wildman–Crippen LogP) is 4.51. The molecule has 0 saturated heterocycles. The number of hydrogen-bond acceptors (Lipinski definition) is 4. The van der Waals surface area contributed by atoms with E-state index in [1.165, 1.54) is 0 Å². The van der Waals surface area contributed by atoms with E-state index in [1.807, 2.05) is 6.92 Å². The zero-order valence-electron chi connectivity index (χ0n) is 13.0. The molecule has 128 valence electrons. The monoisotopic (exact) mass is 355 g/mol. The molecule has 24 heavy (non-hydrogen) atoms. The third kappa shape index (κ3) is 4.18. The third-order valence-corrected chi connectivity index (χ3v) is 4.95. The summed E-state index contributed by atoms with van der Waals surface area (Å²) in [7, 11) is 0. The van der Waals surface area contributed by atoms with Gasteiger partial charge in [0.05, 0.1) is 11.6 Å². The highest BCUT2D eigenvalue weighted by molar-refractivity contribution is 7.99. The van der Waals surface area contributed by atoms with E-state index in [2.05, 4.69) is 0 Å². The average Bonchev–Trinajstić information content (AvgIpc) is 3.37. The van der Waals surface area contributed by atoms with Crippen molar-refractivity contribution < 1.29 is 22.8 Å². The highest BCUT2D eigenvalue weighted by Gasteiger charge is 2.39. The molecular formula is C17H16F3NO2S. The maximum Gasteiger partial charge on any atom is 0.416 e. The van der Waals surface area contributed by atoms with E-state index >= 15 is 0 Å². The number of rotatable bonds is 7. The summed E-state index contributed by atoms with van der Waals surface area (Å²) in [6.45, 7) is 1.87. The molecule has 1 fully saturated rings. The van der Waals surface area contributed by atoms with Crippen molar-refractivity contribution >= 4 is 23.3 Å². The number of ketones is 2. The summed E-state index contributed by atoms with van der Waals surface area (Å²) >= 11 is 1.13. The van der Waals surface area contributed by atoms with Gasteiger partial charge in [0.2, 0.25) is 0 Å². The maximum atomic E-state index is 12.9. The molecule has 3 nitrogen and oxygen atoms in total. The van der Waals surface area contributed by atoms with Gasteiger partial charge >= 0.3 is 6.18 Å². The van der Waals surface area contributed by atoms with Crippen LogP contribution in [-0.2, 0) is 11.0 Å². The minimum atomic E-state index is -4.51. The lowest BCUT2D eigenvalue weighted by Crippen LogP contribution is -2.25. The molecule has 0 heterocycles. The standard InChI is InChI=1S/C17H16F3NO2S/c1-2-7-24-14-8-11(17(18,19)20)5-6-12(14)16(23)13(9-21)15(22)10-3-4-10/h5-6,8,10,13H,2-4,7H2,1H3. The zero-order chi connectivity index (χ0) is 17.9. The molecule has 1 saturated carbocycles. The minimum absolute atomic E-state index is 0.0157. The molecule has 1 aromatic carbocycles. The Labute approximate surface area is 142 Å². The molecule has 0 N–H and O–H groups in total. The summed E-state index contributed by atoms with van der Waals surface area (Å²) in [6, 6.07) is 4.54. The van der Waals surface area contributed by atoms with Gasteiger partial charge in [-0.15, -0.1) is 11.8 Å². The highest BCUT2D eigenvalue weighted by Crippen LogP contribution is 2.37. The number of hydrogen-bond donors (Lipinski definition) is 0. The van der Waals surface area contributed by atoms with Gasteiger partial charge in [-0.25, -0.2) is 0 Å². The molecule has 1 unspecified atom stereocenters. The van der Waals surface area contributed by atoms with Crippen molar-refractivity contribution in [3.05, 3.63) is 29.3 Å². The molecule has 0 aromatic heterocycles. The van der Waals surface area contributed by atoms with Crippen molar-refractivity contribution in [1.82, 2.24) is 0 Å². The van der Waals surface area contributed by atoms with E-state index in [9.17, 15) is 28.0 Å². The Morgan fingerprint density at radius 1 is 1.38 bits per heavy atom. The molecule has 0 spiro atoms. The summed E-state index contributed by atoms with van der Waals surface area (Å²) < 4.78 is 38.7. The third-order valence-electron chi connectivity index (χ3n) is 3.69. The van der Waals surface area contributed by atoms with Crippen LogP contribution in [0.15, 0.2) is 23.1 Å². The molecule has 2 rings (SSSR count). The van der Waals surface area contributed by atoms with Crippen molar-refractivity contribution in [1.29, 1.82) is 5.26 Å². The lowest BCUT2D eigenvalue weighted by molar-refractivity contribution is -0.137. The first-order chi connectivity index (χ1) is 11.3. The maximum absolute atomic E-state index is 12.9. The number of thioether (sulfide) groups is 1. The van der Waals surface area contributed by atoms with Crippen LogP contribution in [0.5, 0.6) is 0 Å². The van der Waals surface area contributed by atoms with Gasteiger partial charge in [-0.1, -0.05) is 6.92 Å². The molecule has 1 atom stereocenters. The second-order valence-electron chi connectivity index (χ2n) is 5.66. The molecule has 1 aliphatic carbocycles. The summed E-state index contributed by atoms with van der Waals surface area (Å²) in [5, 5.41) is 9.18. The second kappa shape index (κ2) is 7.39. The highest BCUT2D eigenvalue weighted by atomic mass is 32.2. The van der Waals surface area contributed by atoms with Crippen molar-refractivity contribution in [2.24, 2.45) is 11.8 Å². The average molecular weight is 355 g/mol. The zero-order valence-corrected chi connectivity index (χ0v) is 13.8. The van der Waals surface area contributed by atoms with Crippen LogP contribution in [0.3, 0.4) is 0 Å². The van der Waals surface area contributed by atoms with E-state index in [1.54, 1.807) is 6.07 Å². The first-order valence-electron chi connectivity index (χ1n) is 7.61. The minimum Gasteiger partial charge on any atom is -0.297 e. The van der Waals surface area contributed by atoms with Crippen LogP contribution in [0, 0.1) is 23.2 Å². The number of benzene rings is 1. The molecule has 0 bridgehead atoms. The van der Waals surface area contributed by atoms with Gasteiger partial charge in [-0.2, -0.15) is 18.4 Å². The van der Waals surface area contributed by atoms with Gasteiger partial charge in [0.25, 0.3) is 0 Å². The van der Waals surface area contributed by atoms with Gasteiger partial charge in [0.1, 0.15) is 0 Å². The molecule has 0 aliphatic heterocycles. The molecule has 1 aliphatic rings. The fourth-order valence-corrected chi connectivity index (χ4v) is 3.20. The molecular weight excluding hydrogens is 339 g/mol. The Bertz CT molecular complexity index is 690. The summed E-state index contributed by atoms with van der Waals surface area (Å²) in [6.07, 6.45) is -2.47. The number of carbonyl (C=O) groups excluding carboxylic acids is 2. The van der Waals surface area contributed by atoms with Crippen LogP contribution in [0.25, 0.3) is 0 Å². The van der Waals surface area contributed by atoms with Crippen molar-refractivity contribution in [3.63, 3.8) is 0 Å². The molecule has 0 radical (unpaired) electrons. The Morgan fingerprint density at radius 3 is 2.54 bits per heavy atom. The number of nitriles is 1. The van der Waals surface area contributed by atoms with Crippen LogP contribution in [-0.4, -0.2) is 17.3 Å². The van der Waals surface area contributed by atoms with Crippen molar-refractivity contribution in [2.75, 3.05) is 5.75 Å². The number of carbonyl (C=O) groups is 2. The molecule has 0 amide bonds.